The van der Waals surface area contributed by atoms with Gasteiger partial charge in [0.2, 0.25) is 0 Å². The summed E-state index contributed by atoms with van der Waals surface area (Å²) in [5.41, 5.74) is 2.88. The first kappa shape index (κ1) is 14.6. The Morgan fingerprint density at radius 2 is 1.74 bits per heavy atom. The maximum atomic E-state index is 11.9. The first-order chi connectivity index (χ1) is 11.2. The van der Waals surface area contributed by atoms with Crippen LogP contribution in [-0.2, 0) is 5.60 Å². The molecule has 3 nitrogen and oxygen atoms in total. The Hall–Kier alpha value is -1.97. The highest BCUT2D eigenvalue weighted by atomic mass is 16.3. The highest BCUT2D eigenvalue weighted by Gasteiger charge is 2.45. The number of rotatable bonds is 1. The third-order valence-electron chi connectivity index (χ3n) is 5.32. The molecule has 1 aliphatic heterocycles. The summed E-state index contributed by atoms with van der Waals surface area (Å²) in [4.78, 5) is 6.94. The van der Waals surface area contributed by atoms with Gasteiger partial charge in [0.05, 0.1) is 5.69 Å². The van der Waals surface area contributed by atoms with E-state index >= 15 is 0 Å². The molecule has 1 fully saturated rings. The predicted octanol–water partition coefficient (Wildman–Crippen LogP) is 3.14. The van der Waals surface area contributed by atoms with E-state index in [0.29, 0.717) is 0 Å². The van der Waals surface area contributed by atoms with Crippen LogP contribution < -0.4 is 0 Å². The molecule has 2 aliphatic rings. The van der Waals surface area contributed by atoms with E-state index in [4.69, 9.17) is 0 Å². The molecular weight excluding hydrogens is 284 g/mol. The number of fused-ring (bicyclic) bond motifs is 2. The third kappa shape index (κ3) is 2.32. The molecule has 0 radical (unpaired) electrons. The molecule has 118 valence electrons. The van der Waals surface area contributed by atoms with Gasteiger partial charge in [-0.1, -0.05) is 42.5 Å². The minimum Gasteiger partial charge on any atom is -0.378 e. The summed E-state index contributed by atoms with van der Waals surface area (Å²) >= 11 is 0. The summed E-state index contributed by atoms with van der Waals surface area (Å²) in [6, 6.07) is 12.2. The molecule has 2 aromatic rings. The van der Waals surface area contributed by atoms with Crippen LogP contribution in [0.3, 0.4) is 0 Å². The van der Waals surface area contributed by atoms with Crippen LogP contribution >= 0.6 is 0 Å². The fourth-order valence-electron chi connectivity index (χ4n) is 4.01. The zero-order valence-electron chi connectivity index (χ0n) is 13.4. The molecule has 1 N–H and O–H groups in total. The van der Waals surface area contributed by atoms with Crippen LogP contribution in [0, 0.1) is 5.92 Å². The molecule has 23 heavy (non-hydrogen) atoms. The molecule has 1 atom stereocenters. The Labute approximate surface area is 137 Å². The summed E-state index contributed by atoms with van der Waals surface area (Å²) in [5.74, 6) is 0.188. The first-order valence-corrected chi connectivity index (χ1v) is 8.33. The van der Waals surface area contributed by atoms with Crippen molar-refractivity contribution in [1.29, 1.82) is 0 Å². The highest BCUT2D eigenvalue weighted by molar-refractivity contribution is 5.76. The summed E-state index contributed by atoms with van der Waals surface area (Å²) < 4.78 is 0. The van der Waals surface area contributed by atoms with E-state index in [1.807, 2.05) is 24.3 Å². The monoisotopic (exact) mass is 306 g/mol. The van der Waals surface area contributed by atoms with Gasteiger partial charge < -0.3 is 10.0 Å². The maximum absolute atomic E-state index is 11.9. The molecule has 3 heteroatoms. The lowest BCUT2D eigenvalue weighted by molar-refractivity contribution is -0.0144. The van der Waals surface area contributed by atoms with Gasteiger partial charge in [0, 0.05) is 12.1 Å². The minimum atomic E-state index is -1.02. The van der Waals surface area contributed by atoms with E-state index in [1.54, 1.807) is 6.20 Å². The molecule has 1 aliphatic carbocycles. The highest BCUT2D eigenvalue weighted by Crippen LogP contribution is 2.45. The Morgan fingerprint density at radius 3 is 2.57 bits per heavy atom. The van der Waals surface area contributed by atoms with Crippen LogP contribution in [0.2, 0.25) is 0 Å². The number of pyridine rings is 1. The van der Waals surface area contributed by atoms with Gasteiger partial charge in [-0.25, -0.2) is 0 Å². The van der Waals surface area contributed by atoms with Crippen molar-refractivity contribution in [3.8, 4) is 0 Å². The molecule has 1 aromatic heterocycles. The number of nitrogens with zero attached hydrogens (tertiary/aromatic N) is 2. The average molecular weight is 306 g/mol. The average Bonchev–Trinajstić information content (AvgIpc) is 2.72. The molecule has 2 heterocycles. The van der Waals surface area contributed by atoms with Crippen molar-refractivity contribution < 1.29 is 5.11 Å². The molecule has 0 saturated carbocycles. The van der Waals surface area contributed by atoms with Crippen LogP contribution in [0.4, 0.5) is 0 Å². The van der Waals surface area contributed by atoms with Gasteiger partial charge in [0.15, 0.2) is 0 Å². The summed E-state index contributed by atoms with van der Waals surface area (Å²) in [6.45, 7) is 2.04. The summed E-state index contributed by atoms with van der Waals surface area (Å²) in [5, 5.41) is 11.9. The largest absolute Gasteiger partial charge is 0.378 e. The van der Waals surface area contributed by atoms with Crippen molar-refractivity contribution in [2.45, 2.75) is 18.4 Å². The van der Waals surface area contributed by atoms with Crippen molar-refractivity contribution in [3.05, 3.63) is 65.0 Å². The molecule has 4 rings (SSSR count). The number of benzene rings is 1. The van der Waals surface area contributed by atoms with E-state index in [0.717, 1.165) is 48.3 Å². The number of piperidine rings is 1. The van der Waals surface area contributed by atoms with Gasteiger partial charge in [0.1, 0.15) is 5.60 Å². The maximum Gasteiger partial charge on any atom is 0.135 e. The standard InChI is InChI=1S/C20H22N2O/c1-22-13-10-17(11-14-22)20(23)18-7-3-2-5-15(18)8-9-16-6-4-12-21-19(16)20/h2-9,12,17,23H,10-11,13-14H2,1H3/t20-/m0/s1. The van der Waals surface area contributed by atoms with E-state index in [-0.39, 0.29) is 5.92 Å². The Morgan fingerprint density at radius 1 is 1.04 bits per heavy atom. The number of hydrogen-bond donors (Lipinski definition) is 1. The van der Waals surface area contributed by atoms with Gasteiger partial charge in [-0.15, -0.1) is 0 Å². The van der Waals surface area contributed by atoms with Crippen molar-refractivity contribution in [3.63, 3.8) is 0 Å². The quantitative estimate of drug-likeness (QED) is 0.879. The van der Waals surface area contributed by atoms with Crippen LogP contribution in [0.1, 0.15) is 35.2 Å². The SMILES string of the molecule is CN1CCC([C@]2(O)c3ccccc3C=Cc3cccnc32)CC1. The Bertz CT molecular complexity index is 695. The predicted molar refractivity (Wildman–Crippen MR) is 92.8 cm³/mol. The number of aliphatic hydroxyl groups is 1. The number of hydrogen-bond acceptors (Lipinski definition) is 3. The van der Waals surface area contributed by atoms with Crippen LogP contribution in [-0.4, -0.2) is 35.1 Å². The lowest BCUT2D eigenvalue weighted by Gasteiger charge is -2.41. The molecule has 1 saturated heterocycles. The lowest BCUT2D eigenvalue weighted by atomic mass is 9.72. The molecule has 0 bridgehead atoms. The first-order valence-electron chi connectivity index (χ1n) is 8.33. The van der Waals surface area contributed by atoms with Gasteiger partial charge >= 0.3 is 0 Å². The summed E-state index contributed by atoms with van der Waals surface area (Å²) in [7, 11) is 2.15. The number of likely N-dealkylation sites (tertiary alicyclic amines) is 1. The molecule has 0 spiro atoms. The van der Waals surface area contributed by atoms with Gasteiger partial charge in [-0.2, -0.15) is 0 Å². The van der Waals surface area contributed by atoms with Gasteiger partial charge in [0.25, 0.3) is 0 Å². The van der Waals surface area contributed by atoms with Crippen molar-refractivity contribution >= 4 is 12.2 Å². The second kappa shape index (κ2) is 5.59. The van der Waals surface area contributed by atoms with E-state index in [1.165, 1.54) is 0 Å². The van der Waals surface area contributed by atoms with Gasteiger partial charge in [-0.05, 0) is 55.7 Å². The second-order valence-corrected chi connectivity index (χ2v) is 6.71. The fraction of sp³-hybridized carbons (Fsp3) is 0.350. The van der Waals surface area contributed by atoms with E-state index in [9.17, 15) is 5.11 Å². The third-order valence-corrected chi connectivity index (χ3v) is 5.32. The molecule has 0 unspecified atom stereocenters. The smallest absolute Gasteiger partial charge is 0.135 e. The summed E-state index contributed by atoms with van der Waals surface area (Å²) in [6.07, 6.45) is 7.94. The van der Waals surface area contributed by atoms with Crippen LogP contribution in [0.25, 0.3) is 12.2 Å². The Kier molecular flexibility index (Phi) is 3.55. The molecule has 0 amide bonds. The van der Waals surface area contributed by atoms with Crippen LogP contribution in [0.15, 0.2) is 42.6 Å². The van der Waals surface area contributed by atoms with Crippen LogP contribution in [0.5, 0.6) is 0 Å². The van der Waals surface area contributed by atoms with E-state index < -0.39 is 5.60 Å². The zero-order valence-corrected chi connectivity index (χ0v) is 13.4. The topological polar surface area (TPSA) is 36.4 Å². The second-order valence-electron chi connectivity index (χ2n) is 6.71. The van der Waals surface area contributed by atoms with Crippen molar-refractivity contribution in [2.24, 2.45) is 5.92 Å². The zero-order chi connectivity index (χ0) is 15.9. The number of aromatic nitrogens is 1. The van der Waals surface area contributed by atoms with Crippen molar-refractivity contribution in [1.82, 2.24) is 9.88 Å². The molecule has 1 aromatic carbocycles. The normalized spacial score (nSPS) is 24.8. The lowest BCUT2D eigenvalue weighted by Crippen LogP contribution is -2.44. The van der Waals surface area contributed by atoms with Crippen molar-refractivity contribution in [2.75, 3.05) is 20.1 Å². The molecular formula is C20H22N2O. The minimum absolute atomic E-state index is 0.188. The van der Waals surface area contributed by atoms with E-state index in [2.05, 4.69) is 41.2 Å². The van der Waals surface area contributed by atoms with Gasteiger partial charge in [-0.3, -0.25) is 4.98 Å². The Balaban J connectivity index is 1.91. The fourth-order valence-corrected chi connectivity index (χ4v) is 4.01.